The number of carbonyl (C=O) groups excluding carboxylic acids is 2. The van der Waals surface area contributed by atoms with Gasteiger partial charge in [-0.25, -0.2) is 0 Å². The second kappa shape index (κ2) is 19.7. The number of carbonyl (C=O) groups is 2. The smallest absolute Gasteiger partial charge is 0.305 e. The summed E-state index contributed by atoms with van der Waals surface area (Å²) in [4.78, 5) is 23.3. The van der Waals surface area contributed by atoms with E-state index in [0.717, 1.165) is 45.1 Å². The molecule has 4 heteroatoms. The molecule has 0 bridgehead atoms. The van der Waals surface area contributed by atoms with Gasteiger partial charge in [-0.2, -0.15) is 0 Å². The maximum absolute atomic E-state index is 11.7. The summed E-state index contributed by atoms with van der Waals surface area (Å²) in [7, 11) is 0. The van der Waals surface area contributed by atoms with E-state index in [2.05, 4.69) is 26.1 Å². The summed E-state index contributed by atoms with van der Waals surface area (Å²) < 4.78 is 5.28. The van der Waals surface area contributed by atoms with E-state index in [4.69, 9.17) is 4.74 Å². The first kappa shape index (κ1) is 25.9. The quantitative estimate of drug-likeness (QED) is 0.214. The van der Waals surface area contributed by atoms with Gasteiger partial charge in [-0.3, -0.25) is 9.59 Å². The Hall–Kier alpha value is -1.06. The van der Waals surface area contributed by atoms with Crippen LogP contribution in [-0.4, -0.2) is 25.0 Å². The number of unbranched alkanes of at least 4 members (excludes halogenated alkanes) is 10. The lowest BCUT2D eigenvalue weighted by molar-refractivity contribution is -0.144. The fourth-order valence-electron chi connectivity index (χ4n) is 2.92. The van der Waals surface area contributed by atoms with Gasteiger partial charge in [0.1, 0.15) is 0 Å². The number of hydrogen-bond donors (Lipinski definition) is 1. The predicted octanol–water partition coefficient (Wildman–Crippen LogP) is 6.17. The zero-order valence-electron chi connectivity index (χ0n) is 18.3. The van der Waals surface area contributed by atoms with Gasteiger partial charge in [-0.15, -0.1) is 0 Å². The molecule has 0 spiro atoms. The Morgan fingerprint density at radius 1 is 0.778 bits per heavy atom. The van der Waals surface area contributed by atoms with E-state index < -0.39 is 0 Å². The van der Waals surface area contributed by atoms with E-state index in [-0.39, 0.29) is 11.9 Å². The first-order chi connectivity index (χ1) is 13.1. The fourth-order valence-corrected chi connectivity index (χ4v) is 2.92. The van der Waals surface area contributed by atoms with Gasteiger partial charge in [0.2, 0.25) is 5.91 Å². The molecule has 4 nitrogen and oxygen atoms in total. The molecule has 0 aromatic heterocycles. The summed E-state index contributed by atoms with van der Waals surface area (Å²) in [6.45, 7) is 7.78. The fraction of sp³-hybridized carbons (Fsp3) is 0.913. The molecule has 0 saturated heterocycles. The van der Waals surface area contributed by atoms with Gasteiger partial charge >= 0.3 is 5.97 Å². The second-order valence-electron chi connectivity index (χ2n) is 7.93. The standard InChI is InChI=1S/C23H45NO3/c1-4-6-7-8-9-10-11-12-15-18-23(26)27-19-16-13-14-17-22(25)24-20-21(3)5-2/h21H,4-20H2,1-3H3,(H,24,25). The average molecular weight is 384 g/mol. The third-order valence-electron chi connectivity index (χ3n) is 5.14. The first-order valence-electron chi connectivity index (χ1n) is 11.5. The second-order valence-corrected chi connectivity index (χ2v) is 7.93. The molecule has 0 aliphatic carbocycles. The van der Waals surface area contributed by atoms with Gasteiger partial charge in [0.25, 0.3) is 0 Å². The third kappa shape index (κ3) is 19.5. The molecule has 0 saturated carbocycles. The molecule has 0 fully saturated rings. The van der Waals surface area contributed by atoms with Crippen molar-refractivity contribution in [2.45, 2.75) is 117 Å². The van der Waals surface area contributed by atoms with Crippen molar-refractivity contribution in [3.63, 3.8) is 0 Å². The molecule has 1 amide bonds. The number of hydrogen-bond acceptors (Lipinski definition) is 3. The normalized spacial score (nSPS) is 12.0. The molecular weight excluding hydrogens is 338 g/mol. The topological polar surface area (TPSA) is 55.4 Å². The molecule has 0 aliphatic rings. The Labute approximate surface area is 168 Å². The lowest BCUT2D eigenvalue weighted by Gasteiger charge is -2.10. The molecule has 0 aromatic carbocycles. The highest BCUT2D eigenvalue weighted by atomic mass is 16.5. The van der Waals surface area contributed by atoms with Gasteiger partial charge in [0.15, 0.2) is 0 Å². The van der Waals surface area contributed by atoms with Crippen LogP contribution in [0, 0.1) is 5.92 Å². The molecule has 1 unspecified atom stereocenters. The lowest BCUT2D eigenvalue weighted by Crippen LogP contribution is -2.27. The number of rotatable bonds is 19. The monoisotopic (exact) mass is 383 g/mol. The van der Waals surface area contributed by atoms with Crippen molar-refractivity contribution in [3.05, 3.63) is 0 Å². The van der Waals surface area contributed by atoms with Crippen molar-refractivity contribution >= 4 is 11.9 Å². The van der Waals surface area contributed by atoms with Crippen LogP contribution in [0.15, 0.2) is 0 Å². The molecule has 160 valence electrons. The zero-order valence-corrected chi connectivity index (χ0v) is 18.3. The number of esters is 1. The molecule has 27 heavy (non-hydrogen) atoms. The lowest BCUT2D eigenvalue weighted by atomic mass is 10.1. The van der Waals surface area contributed by atoms with Crippen LogP contribution >= 0.6 is 0 Å². The van der Waals surface area contributed by atoms with E-state index in [0.29, 0.717) is 25.4 Å². The van der Waals surface area contributed by atoms with Gasteiger partial charge in [0, 0.05) is 19.4 Å². The Morgan fingerprint density at radius 2 is 1.33 bits per heavy atom. The van der Waals surface area contributed by atoms with Crippen LogP contribution in [0.5, 0.6) is 0 Å². The maximum atomic E-state index is 11.7. The van der Waals surface area contributed by atoms with Crippen molar-refractivity contribution in [2.24, 2.45) is 5.92 Å². The molecule has 0 aliphatic heterocycles. The van der Waals surface area contributed by atoms with Crippen LogP contribution in [-0.2, 0) is 14.3 Å². The van der Waals surface area contributed by atoms with Gasteiger partial charge in [0.05, 0.1) is 6.61 Å². The third-order valence-corrected chi connectivity index (χ3v) is 5.14. The Kier molecular flexibility index (Phi) is 18.9. The van der Waals surface area contributed by atoms with Crippen molar-refractivity contribution in [2.75, 3.05) is 13.2 Å². The molecular formula is C23H45NO3. The van der Waals surface area contributed by atoms with Crippen molar-refractivity contribution in [3.8, 4) is 0 Å². The largest absolute Gasteiger partial charge is 0.466 e. The highest BCUT2D eigenvalue weighted by Gasteiger charge is 2.05. The molecule has 1 N–H and O–H groups in total. The minimum atomic E-state index is -0.0655. The summed E-state index contributed by atoms with van der Waals surface area (Å²) in [5, 5.41) is 2.97. The van der Waals surface area contributed by atoms with Crippen LogP contribution in [0.4, 0.5) is 0 Å². The van der Waals surface area contributed by atoms with Crippen LogP contribution in [0.2, 0.25) is 0 Å². The van der Waals surface area contributed by atoms with E-state index >= 15 is 0 Å². The summed E-state index contributed by atoms with van der Waals surface area (Å²) in [5.74, 6) is 0.612. The zero-order chi connectivity index (χ0) is 20.2. The Balaban J connectivity index is 3.31. The summed E-state index contributed by atoms with van der Waals surface area (Å²) in [5.41, 5.74) is 0. The molecule has 0 aromatic rings. The number of nitrogens with one attached hydrogen (secondary N) is 1. The summed E-state index contributed by atoms with van der Waals surface area (Å²) >= 11 is 0. The number of amides is 1. The van der Waals surface area contributed by atoms with Crippen molar-refractivity contribution in [1.82, 2.24) is 5.32 Å². The van der Waals surface area contributed by atoms with E-state index in [1.807, 2.05) is 0 Å². The SMILES string of the molecule is CCCCCCCCCCCC(=O)OCCCCCC(=O)NCC(C)CC. The van der Waals surface area contributed by atoms with Gasteiger partial charge < -0.3 is 10.1 Å². The minimum absolute atomic E-state index is 0.0655. The molecule has 0 heterocycles. The molecule has 0 rings (SSSR count). The number of ether oxygens (including phenoxy) is 1. The highest BCUT2D eigenvalue weighted by Crippen LogP contribution is 2.11. The van der Waals surface area contributed by atoms with E-state index in [9.17, 15) is 9.59 Å². The minimum Gasteiger partial charge on any atom is -0.466 e. The Bertz CT molecular complexity index is 358. The summed E-state index contributed by atoms with van der Waals surface area (Å²) in [6.07, 6.45) is 16.2. The summed E-state index contributed by atoms with van der Waals surface area (Å²) in [6, 6.07) is 0. The van der Waals surface area contributed by atoms with Crippen LogP contribution in [0.1, 0.15) is 117 Å². The van der Waals surface area contributed by atoms with Gasteiger partial charge in [-0.05, 0) is 31.6 Å². The first-order valence-corrected chi connectivity index (χ1v) is 11.5. The predicted molar refractivity (Wildman–Crippen MR) is 114 cm³/mol. The van der Waals surface area contributed by atoms with E-state index in [1.165, 1.54) is 44.9 Å². The van der Waals surface area contributed by atoms with Gasteiger partial charge in [-0.1, -0.05) is 78.6 Å². The van der Waals surface area contributed by atoms with Crippen LogP contribution in [0.3, 0.4) is 0 Å². The average Bonchev–Trinajstić information content (AvgIpc) is 2.67. The molecule has 1 atom stereocenters. The highest BCUT2D eigenvalue weighted by molar-refractivity contribution is 5.75. The van der Waals surface area contributed by atoms with Crippen LogP contribution in [0.25, 0.3) is 0 Å². The van der Waals surface area contributed by atoms with Crippen molar-refractivity contribution in [1.29, 1.82) is 0 Å². The molecule has 0 radical (unpaired) electrons. The van der Waals surface area contributed by atoms with Crippen LogP contribution < -0.4 is 5.32 Å². The Morgan fingerprint density at radius 3 is 1.96 bits per heavy atom. The van der Waals surface area contributed by atoms with Crippen molar-refractivity contribution < 1.29 is 14.3 Å². The maximum Gasteiger partial charge on any atom is 0.305 e. The van der Waals surface area contributed by atoms with E-state index in [1.54, 1.807) is 0 Å².